The van der Waals surface area contributed by atoms with Gasteiger partial charge in [-0.25, -0.2) is 0 Å². The van der Waals surface area contributed by atoms with Crippen molar-refractivity contribution in [2.75, 3.05) is 12.4 Å². The molecule has 2 rings (SSSR count). The first-order valence-electron chi connectivity index (χ1n) is 7.67. The van der Waals surface area contributed by atoms with E-state index in [4.69, 9.17) is 4.74 Å². The number of carbonyl (C=O) groups excluding carboxylic acids is 1. The van der Waals surface area contributed by atoms with Gasteiger partial charge in [0.15, 0.2) is 0 Å². The number of nitrogens with zero attached hydrogens (tertiary/aromatic N) is 1. The van der Waals surface area contributed by atoms with Gasteiger partial charge in [-0.2, -0.15) is 0 Å². The van der Waals surface area contributed by atoms with Crippen molar-refractivity contribution >= 4 is 11.6 Å². The first-order valence-corrected chi connectivity index (χ1v) is 7.67. The lowest BCUT2D eigenvalue weighted by atomic mass is 10.1. The lowest BCUT2D eigenvalue weighted by Crippen LogP contribution is -2.18. The summed E-state index contributed by atoms with van der Waals surface area (Å²) in [5.41, 5.74) is 5.05. The molecule has 0 fully saturated rings. The van der Waals surface area contributed by atoms with Crippen LogP contribution in [0.25, 0.3) is 0 Å². The van der Waals surface area contributed by atoms with Gasteiger partial charge in [-0.3, -0.25) is 4.79 Å². The number of anilines is 1. The highest BCUT2D eigenvalue weighted by Crippen LogP contribution is 2.24. The van der Waals surface area contributed by atoms with Crippen LogP contribution in [0.3, 0.4) is 0 Å². The van der Waals surface area contributed by atoms with Crippen LogP contribution in [0.5, 0.6) is 5.75 Å². The fourth-order valence-electron chi connectivity index (χ4n) is 3.02. The van der Waals surface area contributed by atoms with Crippen LogP contribution in [0.15, 0.2) is 24.3 Å². The highest BCUT2D eigenvalue weighted by atomic mass is 16.5. The van der Waals surface area contributed by atoms with Crippen LogP contribution < -0.4 is 10.1 Å². The third kappa shape index (κ3) is 2.86. The summed E-state index contributed by atoms with van der Waals surface area (Å²) in [6.45, 7) is 9.09. The van der Waals surface area contributed by atoms with Gasteiger partial charge in [-0.15, -0.1) is 0 Å². The largest absolute Gasteiger partial charge is 0.497 e. The molecule has 4 nitrogen and oxygen atoms in total. The Balaban J connectivity index is 2.32. The number of benzene rings is 1. The van der Waals surface area contributed by atoms with Crippen molar-refractivity contribution < 1.29 is 9.53 Å². The van der Waals surface area contributed by atoms with Gasteiger partial charge in [-0.1, -0.05) is 6.92 Å². The minimum absolute atomic E-state index is 0.0627. The number of ether oxygens (including phenoxy) is 1. The predicted molar refractivity (Wildman–Crippen MR) is 89.9 cm³/mol. The number of carbonyl (C=O) groups is 1. The molecule has 1 N–H and O–H groups in total. The van der Waals surface area contributed by atoms with Gasteiger partial charge in [0, 0.05) is 17.9 Å². The SMILES string of the molecule is CCc1c(C)c(C(=O)Nc2ccc(OC)cc2)n(CC)c1C. The average molecular weight is 300 g/mol. The molecule has 0 unspecified atom stereocenters. The average Bonchev–Trinajstić information content (AvgIpc) is 2.77. The predicted octanol–water partition coefficient (Wildman–Crippen LogP) is 3.95. The molecule has 0 aliphatic heterocycles. The zero-order valence-corrected chi connectivity index (χ0v) is 14.0. The fourth-order valence-corrected chi connectivity index (χ4v) is 3.02. The summed E-state index contributed by atoms with van der Waals surface area (Å²) in [4.78, 5) is 12.7. The molecule has 0 aliphatic carbocycles. The maximum atomic E-state index is 12.7. The van der Waals surface area contributed by atoms with E-state index in [0.29, 0.717) is 0 Å². The number of methoxy groups -OCH3 is 1. The zero-order chi connectivity index (χ0) is 16.3. The second kappa shape index (κ2) is 6.69. The second-order valence-electron chi connectivity index (χ2n) is 5.32. The van der Waals surface area contributed by atoms with E-state index in [1.54, 1.807) is 7.11 Å². The topological polar surface area (TPSA) is 43.3 Å². The Morgan fingerprint density at radius 3 is 2.32 bits per heavy atom. The van der Waals surface area contributed by atoms with E-state index in [1.807, 2.05) is 31.2 Å². The van der Waals surface area contributed by atoms with Crippen molar-refractivity contribution in [2.45, 2.75) is 40.7 Å². The first kappa shape index (κ1) is 16.1. The Bertz CT molecular complexity index is 669. The van der Waals surface area contributed by atoms with Crippen LogP contribution in [0, 0.1) is 13.8 Å². The summed E-state index contributed by atoms with van der Waals surface area (Å²) in [5, 5.41) is 2.97. The Labute approximate surface area is 132 Å². The first-order chi connectivity index (χ1) is 10.5. The van der Waals surface area contributed by atoms with Crippen molar-refractivity contribution in [2.24, 2.45) is 0 Å². The third-order valence-electron chi connectivity index (χ3n) is 4.15. The normalized spacial score (nSPS) is 10.6. The summed E-state index contributed by atoms with van der Waals surface area (Å²) in [5.74, 6) is 0.711. The van der Waals surface area contributed by atoms with Crippen molar-refractivity contribution in [3.63, 3.8) is 0 Å². The van der Waals surface area contributed by atoms with E-state index in [-0.39, 0.29) is 5.91 Å². The maximum absolute atomic E-state index is 12.7. The molecule has 0 spiro atoms. The lowest BCUT2D eigenvalue weighted by Gasteiger charge is -2.11. The minimum Gasteiger partial charge on any atom is -0.497 e. The van der Waals surface area contributed by atoms with Gasteiger partial charge in [0.1, 0.15) is 11.4 Å². The van der Waals surface area contributed by atoms with Crippen LogP contribution in [0.4, 0.5) is 5.69 Å². The summed E-state index contributed by atoms with van der Waals surface area (Å²) in [6.07, 6.45) is 0.938. The number of nitrogens with one attached hydrogen (secondary N) is 1. The monoisotopic (exact) mass is 300 g/mol. The Kier molecular flexibility index (Phi) is 4.91. The quantitative estimate of drug-likeness (QED) is 0.908. The third-order valence-corrected chi connectivity index (χ3v) is 4.15. The van der Waals surface area contributed by atoms with Crippen LogP contribution in [0.2, 0.25) is 0 Å². The van der Waals surface area contributed by atoms with Gasteiger partial charge in [0.2, 0.25) is 0 Å². The molecule has 22 heavy (non-hydrogen) atoms. The van der Waals surface area contributed by atoms with E-state index >= 15 is 0 Å². The number of rotatable bonds is 5. The van der Waals surface area contributed by atoms with E-state index < -0.39 is 0 Å². The molecular formula is C18H24N2O2. The zero-order valence-electron chi connectivity index (χ0n) is 14.0. The van der Waals surface area contributed by atoms with Crippen molar-refractivity contribution in [3.8, 4) is 5.75 Å². The fraction of sp³-hybridized carbons (Fsp3) is 0.389. The van der Waals surface area contributed by atoms with Gasteiger partial charge in [0.05, 0.1) is 7.11 Å². The standard InChI is InChI=1S/C18H24N2O2/c1-6-16-12(3)17(20(7-2)13(16)4)18(21)19-14-8-10-15(22-5)11-9-14/h8-11H,6-7H2,1-5H3,(H,19,21). The van der Waals surface area contributed by atoms with Gasteiger partial charge < -0.3 is 14.6 Å². The number of hydrogen-bond acceptors (Lipinski definition) is 2. The summed E-state index contributed by atoms with van der Waals surface area (Å²) < 4.78 is 7.22. The highest BCUT2D eigenvalue weighted by Gasteiger charge is 2.21. The molecule has 2 aromatic rings. The summed E-state index contributed by atoms with van der Waals surface area (Å²) in [7, 11) is 1.63. The molecule has 0 atom stereocenters. The van der Waals surface area contributed by atoms with Crippen molar-refractivity contribution in [1.29, 1.82) is 0 Å². The molecule has 118 valence electrons. The number of hydrogen-bond donors (Lipinski definition) is 1. The molecule has 0 radical (unpaired) electrons. The molecule has 1 aromatic heterocycles. The van der Waals surface area contributed by atoms with Crippen molar-refractivity contribution in [1.82, 2.24) is 4.57 Å². The molecule has 4 heteroatoms. The van der Waals surface area contributed by atoms with E-state index in [2.05, 4.69) is 30.7 Å². The molecule has 0 saturated heterocycles. The van der Waals surface area contributed by atoms with E-state index in [1.165, 1.54) is 11.3 Å². The Morgan fingerprint density at radius 2 is 1.82 bits per heavy atom. The molecule has 0 bridgehead atoms. The number of aromatic nitrogens is 1. The van der Waals surface area contributed by atoms with E-state index in [0.717, 1.165) is 35.7 Å². The molecule has 1 aromatic carbocycles. The van der Waals surface area contributed by atoms with Gasteiger partial charge >= 0.3 is 0 Å². The molecule has 1 amide bonds. The van der Waals surface area contributed by atoms with Crippen LogP contribution in [-0.4, -0.2) is 17.6 Å². The Morgan fingerprint density at radius 1 is 1.18 bits per heavy atom. The molecule has 0 aliphatic rings. The maximum Gasteiger partial charge on any atom is 0.272 e. The van der Waals surface area contributed by atoms with Crippen LogP contribution in [0.1, 0.15) is 41.2 Å². The molecule has 0 saturated carbocycles. The number of amides is 1. The summed E-state index contributed by atoms with van der Waals surface area (Å²) in [6, 6.07) is 7.37. The van der Waals surface area contributed by atoms with Gasteiger partial charge in [-0.05, 0) is 62.6 Å². The molecular weight excluding hydrogens is 276 g/mol. The second-order valence-corrected chi connectivity index (χ2v) is 5.32. The lowest BCUT2D eigenvalue weighted by molar-refractivity contribution is 0.101. The molecule has 1 heterocycles. The summed E-state index contributed by atoms with van der Waals surface area (Å²) >= 11 is 0. The smallest absolute Gasteiger partial charge is 0.272 e. The van der Waals surface area contributed by atoms with Crippen molar-refractivity contribution in [3.05, 3.63) is 46.8 Å². The van der Waals surface area contributed by atoms with Crippen LogP contribution in [-0.2, 0) is 13.0 Å². The van der Waals surface area contributed by atoms with Gasteiger partial charge in [0.25, 0.3) is 5.91 Å². The van der Waals surface area contributed by atoms with Crippen LogP contribution >= 0.6 is 0 Å². The highest BCUT2D eigenvalue weighted by molar-refractivity contribution is 6.04. The Hall–Kier alpha value is -2.23. The van der Waals surface area contributed by atoms with E-state index in [9.17, 15) is 4.79 Å². The minimum atomic E-state index is -0.0627.